The smallest absolute Gasteiger partial charge is 0.255 e. The van der Waals surface area contributed by atoms with Gasteiger partial charge in [0.1, 0.15) is 0 Å². The Balaban J connectivity index is 2.18. The number of aliphatic hydroxyl groups excluding tert-OH is 1. The number of amides is 1. The van der Waals surface area contributed by atoms with E-state index in [1.165, 1.54) is 0 Å². The van der Waals surface area contributed by atoms with Crippen molar-refractivity contribution in [3.8, 4) is 0 Å². The number of likely N-dealkylation sites (N-methyl/N-ethyl adjacent to an activating group) is 1. The number of hydrogen-bond acceptors (Lipinski definition) is 4. The van der Waals surface area contributed by atoms with E-state index in [9.17, 15) is 9.90 Å². The third-order valence-corrected chi connectivity index (χ3v) is 4.04. The highest BCUT2D eigenvalue weighted by Gasteiger charge is 2.31. The molecule has 1 amide bonds. The minimum absolute atomic E-state index is 0.0988. The molecule has 0 saturated carbocycles. The molecule has 1 N–H and O–H groups in total. The molecule has 5 heteroatoms. The number of methoxy groups -OCH3 is 1. The number of carbonyl (C=O) groups excluding carboxylic acids is 1. The lowest BCUT2D eigenvalue weighted by atomic mass is 9.95. The van der Waals surface area contributed by atoms with Crippen LogP contribution in [0, 0.1) is 0 Å². The van der Waals surface area contributed by atoms with Gasteiger partial charge in [0.2, 0.25) is 0 Å². The molecule has 0 saturated heterocycles. The van der Waals surface area contributed by atoms with Crippen molar-refractivity contribution in [1.29, 1.82) is 0 Å². The topological polar surface area (TPSA) is 62.7 Å². The summed E-state index contributed by atoms with van der Waals surface area (Å²) in [6.07, 6.45) is 6.42. The number of aryl methyl sites for hydroxylation is 1. The average Bonchev–Trinajstić information content (AvgIpc) is 2.53. The van der Waals surface area contributed by atoms with Crippen LogP contribution in [0.4, 0.5) is 0 Å². The molecule has 1 heterocycles. The number of aromatic nitrogens is 1. The molecule has 0 radical (unpaired) electrons. The predicted molar refractivity (Wildman–Crippen MR) is 79.8 cm³/mol. The van der Waals surface area contributed by atoms with Gasteiger partial charge in [-0.1, -0.05) is 6.92 Å². The Morgan fingerprint density at radius 1 is 1.57 bits per heavy atom. The van der Waals surface area contributed by atoms with E-state index >= 15 is 0 Å². The Labute approximate surface area is 125 Å². The van der Waals surface area contributed by atoms with Gasteiger partial charge < -0.3 is 14.7 Å². The van der Waals surface area contributed by atoms with Crippen molar-refractivity contribution in [2.75, 3.05) is 14.2 Å². The van der Waals surface area contributed by atoms with Crippen molar-refractivity contribution in [2.24, 2.45) is 0 Å². The Bertz CT molecular complexity index is 542. The zero-order chi connectivity index (χ0) is 15.4. The van der Waals surface area contributed by atoms with Crippen LogP contribution >= 0.6 is 0 Å². The molecule has 0 fully saturated rings. The number of carbonyl (C=O) groups is 1. The standard InChI is InChI=1S/C16H22N2O3/c1-4-11-7-8-17-10-13(11)16(20)18(2)14-6-5-12(21-3)9-15(14)19/h5,7-8,10,14-15,19H,4,6,9H2,1-3H3/t14?,15-/m0/s1. The summed E-state index contributed by atoms with van der Waals surface area (Å²) in [4.78, 5) is 18.3. The molecule has 1 aromatic heterocycles. The van der Waals surface area contributed by atoms with Gasteiger partial charge in [-0.15, -0.1) is 0 Å². The molecule has 1 unspecified atom stereocenters. The van der Waals surface area contributed by atoms with Gasteiger partial charge in [0.15, 0.2) is 0 Å². The maximum Gasteiger partial charge on any atom is 0.255 e. The SMILES string of the molecule is CCc1ccncc1C(=O)N(C)C1CC=C(OC)C[C@@H]1O. The van der Waals surface area contributed by atoms with Crippen LogP contribution in [0.25, 0.3) is 0 Å². The van der Waals surface area contributed by atoms with Crippen LogP contribution in [0.2, 0.25) is 0 Å². The van der Waals surface area contributed by atoms with Gasteiger partial charge in [-0.25, -0.2) is 0 Å². The molecule has 0 aliphatic heterocycles. The van der Waals surface area contributed by atoms with Gasteiger partial charge in [0.05, 0.1) is 30.6 Å². The second-order valence-electron chi connectivity index (χ2n) is 5.25. The molecule has 21 heavy (non-hydrogen) atoms. The van der Waals surface area contributed by atoms with Crippen molar-refractivity contribution >= 4 is 5.91 Å². The first-order chi connectivity index (χ1) is 10.1. The quantitative estimate of drug-likeness (QED) is 0.918. The Morgan fingerprint density at radius 2 is 2.33 bits per heavy atom. The van der Waals surface area contributed by atoms with E-state index in [1.54, 1.807) is 31.5 Å². The van der Waals surface area contributed by atoms with Crippen molar-refractivity contribution < 1.29 is 14.6 Å². The third kappa shape index (κ3) is 3.24. The average molecular weight is 290 g/mol. The summed E-state index contributed by atoms with van der Waals surface area (Å²) in [5, 5.41) is 10.2. The lowest BCUT2D eigenvalue weighted by molar-refractivity contribution is 0.0348. The fourth-order valence-electron chi connectivity index (χ4n) is 2.68. The number of rotatable bonds is 4. The summed E-state index contributed by atoms with van der Waals surface area (Å²) in [6.45, 7) is 2.01. The van der Waals surface area contributed by atoms with Crippen molar-refractivity contribution in [2.45, 2.75) is 38.3 Å². The molecule has 0 aromatic carbocycles. The number of hydrogen-bond donors (Lipinski definition) is 1. The number of ether oxygens (including phenoxy) is 1. The van der Waals surface area contributed by atoms with E-state index in [0.29, 0.717) is 18.4 Å². The minimum Gasteiger partial charge on any atom is -0.501 e. The van der Waals surface area contributed by atoms with Gasteiger partial charge in [0, 0.05) is 25.9 Å². The molecule has 0 bridgehead atoms. The van der Waals surface area contributed by atoms with Gasteiger partial charge in [-0.2, -0.15) is 0 Å². The molecule has 5 nitrogen and oxygen atoms in total. The second-order valence-corrected chi connectivity index (χ2v) is 5.25. The lowest BCUT2D eigenvalue weighted by Gasteiger charge is -2.34. The van der Waals surface area contributed by atoms with Gasteiger partial charge in [-0.05, 0) is 30.5 Å². The van der Waals surface area contributed by atoms with Crippen LogP contribution in [0.3, 0.4) is 0 Å². The molecule has 2 rings (SSSR count). The third-order valence-electron chi connectivity index (χ3n) is 4.04. The molecule has 0 spiro atoms. The Morgan fingerprint density at radius 3 is 2.95 bits per heavy atom. The van der Waals surface area contributed by atoms with E-state index < -0.39 is 6.10 Å². The van der Waals surface area contributed by atoms with Crippen LogP contribution in [0.5, 0.6) is 0 Å². The molecule has 1 aromatic rings. The molecular weight excluding hydrogens is 268 g/mol. The van der Waals surface area contributed by atoms with Crippen molar-refractivity contribution in [1.82, 2.24) is 9.88 Å². The van der Waals surface area contributed by atoms with E-state index in [0.717, 1.165) is 17.7 Å². The highest BCUT2D eigenvalue weighted by molar-refractivity contribution is 5.95. The maximum absolute atomic E-state index is 12.6. The molecule has 1 aliphatic rings. The van der Waals surface area contributed by atoms with Crippen LogP contribution < -0.4 is 0 Å². The van der Waals surface area contributed by atoms with Crippen molar-refractivity contribution in [3.63, 3.8) is 0 Å². The molecule has 114 valence electrons. The Kier molecular flexibility index (Phi) is 4.96. The molecule has 2 atom stereocenters. The van der Waals surface area contributed by atoms with Crippen LogP contribution in [0.1, 0.15) is 35.7 Å². The summed E-state index contributed by atoms with van der Waals surface area (Å²) in [7, 11) is 3.32. The fourth-order valence-corrected chi connectivity index (χ4v) is 2.68. The van der Waals surface area contributed by atoms with Crippen LogP contribution in [-0.4, -0.2) is 47.2 Å². The number of pyridine rings is 1. The Hall–Kier alpha value is -1.88. The predicted octanol–water partition coefficient (Wildman–Crippen LogP) is 1.77. The lowest BCUT2D eigenvalue weighted by Crippen LogP contribution is -2.46. The summed E-state index contributed by atoms with van der Waals surface area (Å²) < 4.78 is 5.16. The number of aliphatic hydroxyl groups is 1. The van der Waals surface area contributed by atoms with E-state index in [-0.39, 0.29) is 11.9 Å². The van der Waals surface area contributed by atoms with E-state index in [1.807, 2.05) is 19.1 Å². The van der Waals surface area contributed by atoms with Gasteiger partial charge in [0.25, 0.3) is 5.91 Å². The van der Waals surface area contributed by atoms with Gasteiger partial charge in [-0.3, -0.25) is 9.78 Å². The van der Waals surface area contributed by atoms with Crippen LogP contribution in [0.15, 0.2) is 30.3 Å². The van der Waals surface area contributed by atoms with Gasteiger partial charge >= 0.3 is 0 Å². The van der Waals surface area contributed by atoms with E-state index in [2.05, 4.69) is 4.98 Å². The number of nitrogens with zero attached hydrogens (tertiary/aromatic N) is 2. The monoisotopic (exact) mass is 290 g/mol. The molecule has 1 aliphatic carbocycles. The first kappa shape index (κ1) is 15.5. The van der Waals surface area contributed by atoms with E-state index in [4.69, 9.17) is 4.74 Å². The summed E-state index contributed by atoms with van der Waals surface area (Å²) in [5.74, 6) is 0.675. The summed E-state index contributed by atoms with van der Waals surface area (Å²) >= 11 is 0. The largest absolute Gasteiger partial charge is 0.501 e. The second kappa shape index (κ2) is 6.72. The normalized spacial score (nSPS) is 21.6. The minimum atomic E-state index is -0.611. The molecular formula is C16H22N2O3. The maximum atomic E-state index is 12.6. The first-order valence-electron chi connectivity index (χ1n) is 7.19. The summed E-state index contributed by atoms with van der Waals surface area (Å²) in [5.41, 5.74) is 1.58. The first-order valence-corrected chi connectivity index (χ1v) is 7.19. The van der Waals surface area contributed by atoms with Crippen molar-refractivity contribution in [3.05, 3.63) is 41.4 Å². The highest BCUT2D eigenvalue weighted by Crippen LogP contribution is 2.24. The highest BCUT2D eigenvalue weighted by atomic mass is 16.5. The zero-order valence-corrected chi connectivity index (χ0v) is 12.7. The fraction of sp³-hybridized carbons (Fsp3) is 0.500. The zero-order valence-electron chi connectivity index (χ0n) is 12.7. The summed E-state index contributed by atoms with van der Waals surface area (Å²) in [6, 6.07) is 1.63. The van der Waals surface area contributed by atoms with Crippen LogP contribution in [-0.2, 0) is 11.2 Å².